The van der Waals surface area contributed by atoms with Crippen LogP contribution in [0.5, 0.6) is 0 Å². The number of carboxylic acid groups (broad SMARTS) is 1. The molecule has 1 heterocycles. The van der Waals surface area contributed by atoms with Crippen molar-refractivity contribution in [1.82, 2.24) is 15.5 Å². The van der Waals surface area contributed by atoms with Gasteiger partial charge in [-0.2, -0.15) is 10.2 Å². The number of carbonyl (C=O) groups excluding carboxylic acids is 1. The van der Waals surface area contributed by atoms with Gasteiger partial charge in [0.1, 0.15) is 0 Å². The van der Waals surface area contributed by atoms with Gasteiger partial charge in [0.15, 0.2) is 0 Å². The van der Waals surface area contributed by atoms with Crippen molar-refractivity contribution in [3.05, 3.63) is 23.0 Å². The van der Waals surface area contributed by atoms with E-state index in [9.17, 15) is 9.59 Å². The van der Waals surface area contributed by atoms with Gasteiger partial charge in [0.25, 0.3) is 5.91 Å². The maximum Gasteiger partial charge on any atom is 0.308 e. The Morgan fingerprint density at radius 2 is 1.95 bits per heavy atom. The number of nitrogens with one attached hydrogen (secondary N) is 1. The molecule has 0 saturated heterocycles. The fourth-order valence-corrected chi connectivity index (χ4v) is 1.93. The molecule has 1 atom stereocenters. The van der Waals surface area contributed by atoms with Crippen LogP contribution in [0.4, 0.5) is 0 Å². The molecule has 2 N–H and O–H groups in total. The van der Waals surface area contributed by atoms with Crippen LogP contribution in [0.2, 0.25) is 0 Å². The summed E-state index contributed by atoms with van der Waals surface area (Å²) in [6.45, 7) is 7.48. The summed E-state index contributed by atoms with van der Waals surface area (Å²) in [6.07, 6.45) is 0.530. The van der Waals surface area contributed by atoms with Gasteiger partial charge in [-0.15, -0.1) is 0 Å². The van der Waals surface area contributed by atoms with Gasteiger partial charge in [-0.3, -0.25) is 9.59 Å². The molecule has 1 amide bonds. The molecule has 0 aliphatic heterocycles. The Labute approximate surface area is 118 Å². The van der Waals surface area contributed by atoms with Crippen LogP contribution in [0.25, 0.3) is 0 Å². The molecule has 0 bridgehead atoms. The third-order valence-corrected chi connectivity index (χ3v) is 2.96. The molecule has 0 aromatic carbocycles. The molecule has 1 aromatic heterocycles. The third-order valence-electron chi connectivity index (χ3n) is 2.96. The van der Waals surface area contributed by atoms with Gasteiger partial charge in [0.2, 0.25) is 0 Å². The monoisotopic (exact) mass is 279 g/mol. The first-order valence-electron chi connectivity index (χ1n) is 6.63. The first-order valence-corrected chi connectivity index (χ1v) is 6.63. The lowest BCUT2D eigenvalue weighted by Gasteiger charge is -2.15. The van der Waals surface area contributed by atoms with Crippen LogP contribution in [-0.4, -0.2) is 33.7 Å². The molecule has 1 aromatic rings. The zero-order valence-corrected chi connectivity index (χ0v) is 12.3. The third kappa shape index (κ3) is 4.60. The second-order valence-corrected chi connectivity index (χ2v) is 5.36. The average molecular weight is 279 g/mol. The first-order chi connectivity index (χ1) is 9.31. The quantitative estimate of drug-likeness (QED) is 0.824. The fourth-order valence-electron chi connectivity index (χ4n) is 1.93. The van der Waals surface area contributed by atoms with Crippen molar-refractivity contribution in [3.8, 4) is 0 Å². The Kier molecular flexibility index (Phi) is 5.61. The number of aryl methyl sites for hydroxylation is 2. The predicted molar refractivity (Wildman–Crippen MR) is 74.4 cm³/mol. The summed E-state index contributed by atoms with van der Waals surface area (Å²) in [4.78, 5) is 23.2. The smallest absolute Gasteiger partial charge is 0.308 e. The Hall–Kier alpha value is -1.98. The summed E-state index contributed by atoms with van der Waals surface area (Å²) in [5, 5.41) is 19.5. The van der Waals surface area contributed by atoms with Crippen LogP contribution < -0.4 is 5.32 Å². The fraction of sp³-hybridized carbons (Fsp3) is 0.571. The molecule has 0 saturated carbocycles. The summed E-state index contributed by atoms with van der Waals surface area (Å²) >= 11 is 0. The molecule has 110 valence electrons. The number of aliphatic carboxylic acids is 1. The van der Waals surface area contributed by atoms with Gasteiger partial charge in [-0.25, -0.2) is 0 Å². The Morgan fingerprint density at radius 3 is 2.50 bits per heavy atom. The van der Waals surface area contributed by atoms with E-state index in [4.69, 9.17) is 5.11 Å². The summed E-state index contributed by atoms with van der Waals surface area (Å²) in [5.41, 5.74) is 1.62. The van der Waals surface area contributed by atoms with Crippen molar-refractivity contribution in [2.24, 2.45) is 11.8 Å². The summed E-state index contributed by atoms with van der Waals surface area (Å²) in [7, 11) is 0. The van der Waals surface area contributed by atoms with Gasteiger partial charge >= 0.3 is 5.97 Å². The van der Waals surface area contributed by atoms with Crippen molar-refractivity contribution in [2.75, 3.05) is 6.54 Å². The second-order valence-electron chi connectivity index (χ2n) is 5.36. The Morgan fingerprint density at radius 1 is 1.30 bits per heavy atom. The number of amides is 1. The number of hydrogen-bond donors (Lipinski definition) is 2. The SMILES string of the molecule is Cc1cc(C(=O)NCC(CC(C)C)C(=O)O)c(C)nn1. The predicted octanol–water partition coefficient (Wildman–Crippen LogP) is 1.57. The molecule has 0 spiro atoms. The number of nitrogens with zero attached hydrogens (tertiary/aromatic N) is 2. The normalized spacial score (nSPS) is 12.2. The molecule has 20 heavy (non-hydrogen) atoms. The first kappa shape index (κ1) is 16.1. The zero-order chi connectivity index (χ0) is 15.3. The van der Waals surface area contributed by atoms with Crippen molar-refractivity contribution in [2.45, 2.75) is 34.1 Å². The van der Waals surface area contributed by atoms with E-state index in [1.807, 2.05) is 13.8 Å². The minimum absolute atomic E-state index is 0.118. The Balaban J connectivity index is 2.70. The average Bonchev–Trinajstić information content (AvgIpc) is 2.36. The minimum Gasteiger partial charge on any atom is -0.481 e. The highest BCUT2D eigenvalue weighted by atomic mass is 16.4. The standard InChI is InChI=1S/C14H21N3O3/c1-8(2)5-11(14(19)20)7-15-13(18)12-6-9(3)16-17-10(12)4/h6,8,11H,5,7H2,1-4H3,(H,15,18)(H,19,20). The van der Waals surface area contributed by atoms with Crippen molar-refractivity contribution in [1.29, 1.82) is 0 Å². The van der Waals surface area contributed by atoms with Gasteiger partial charge in [0, 0.05) is 6.54 Å². The molecule has 0 aliphatic carbocycles. The zero-order valence-electron chi connectivity index (χ0n) is 12.3. The van der Waals surface area contributed by atoms with Crippen molar-refractivity contribution in [3.63, 3.8) is 0 Å². The van der Waals surface area contributed by atoms with Gasteiger partial charge in [-0.05, 0) is 32.3 Å². The highest BCUT2D eigenvalue weighted by molar-refractivity contribution is 5.95. The van der Waals surface area contributed by atoms with E-state index >= 15 is 0 Å². The lowest BCUT2D eigenvalue weighted by atomic mass is 9.97. The second kappa shape index (κ2) is 6.98. The van der Waals surface area contributed by atoms with E-state index in [-0.39, 0.29) is 18.4 Å². The molecule has 0 fully saturated rings. The van der Waals surface area contributed by atoms with Crippen molar-refractivity contribution >= 4 is 11.9 Å². The number of carboxylic acids is 1. The molecule has 1 rings (SSSR count). The largest absolute Gasteiger partial charge is 0.481 e. The lowest BCUT2D eigenvalue weighted by molar-refractivity contribution is -0.142. The summed E-state index contributed by atoms with van der Waals surface area (Å²) < 4.78 is 0. The molecule has 6 heteroatoms. The molecule has 0 radical (unpaired) electrons. The van der Waals surface area contributed by atoms with Crippen molar-refractivity contribution < 1.29 is 14.7 Å². The highest BCUT2D eigenvalue weighted by Crippen LogP contribution is 2.12. The van der Waals surface area contributed by atoms with E-state index in [2.05, 4.69) is 15.5 Å². The molecule has 6 nitrogen and oxygen atoms in total. The maximum absolute atomic E-state index is 12.1. The van der Waals surface area contributed by atoms with Crippen LogP contribution in [-0.2, 0) is 4.79 Å². The summed E-state index contributed by atoms with van der Waals surface area (Å²) in [6, 6.07) is 1.65. The van der Waals surface area contributed by atoms with E-state index in [1.54, 1.807) is 19.9 Å². The highest BCUT2D eigenvalue weighted by Gasteiger charge is 2.20. The van der Waals surface area contributed by atoms with E-state index < -0.39 is 11.9 Å². The topological polar surface area (TPSA) is 92.2 Å². The van der Waals surface area contributed by atoms with Crippen LogP contribution >= 0.6 is 0 Å². The van der Waals surface area contributed by atoms with Gasteiger partial charge < -0.3 is 10.4 Å². The van der Waals surface area contributed by atoms with E-state index in [0.717, 1.165) is 0 Å². The van der Waals surface area contributed by atoms with Crippen LogP contribution in [0.1, 0.15) is 42.0 Å². The lowest BCUT2D eigenvalue weighted by Crippen LogP contribution is -2.34. The molecular weight excluding hydrogens is 258 g/mol. The van der Waals surface area contributed by atoms with Gasteiger partial charge in [0.05, 0.1) is 22.9 Å². The maximum atomic E-state index is 12.1. The number of carbonyl (C=O) groups is 2. The minimum atomic E-state index is -0.889. The molecule has 1 unspecified atom stereocenters. The molecule has 0 aliphatic rings. The van der Waals surface area contributed by atoms with Crippen LogP contribution in [0.3, 0.4) is 0 Å². The van der Waals surface area contributed by atoms with Crippen LogP contribution in [0, 0.1) is 25.7 Å². The van der Waals surface area contributed by atoms with Crippen LogP contribution in [0.15, 0.2) is 6.07 Å². The molecular formula is C14H21N3O3. The summed E-state index contributed by atoms with van der Waals surface area (Å²) in [5.74, 6) is -1.51. The number of rotatable bonds is 6. The number of hydrogen-bond acceptors (Lipinski definition) is 4. The van der Waals surface area contributed by atoms with E-state index in [0.29, 0.717) is 23.4 Å². The Bertz CT molecular complexity index is 500. The number of aromatic nitrogens is 2. The van der Waals surface area contributed by atoms with Gasteiger partial charge in [-0.1, -0.05) is 13.8 Å². The van der Waals surface area contributed by atoms with E-state index in [1.165, 1.54) is 0 Å².